The van der Waals surface area contributed by atoms with Gasteiger partial charge in [0, 0.05) is 23.9 Å². The zero-order chi connectivity index (χ0) is 13.7. The molecule has 4 nitrogen and oxygen atoms in total. The summed E-state index contributed by atoms with van der Waals surface area (Å²) in [4.78, 5) is 10.3. The van der Waals surface area contributed by atoms with Gasteiger partial charge in [-0.1, -0.05) is 0 Å². The molecule has 0 spiro atoms. The fourth-order valence-electron chi connectivity index (χ4n) is 5.03. The smallest absolute Gasteiger partial charge is 0.269 e. The van der Waals surface area contributed by atoms with E-state index in [0.717, 1.165) is 29.4 Å². The van der Waals surface area contributed by atoms with Gasteiger partial charge in [0.2, 0.25) is 0 Å². The third-order valence-electron chi connectivity index (χ3n) is 5.64. The Labute approximate surface area is 118 Å². The number of rotatable bonds is 3. The lowest BCUT2D eigenvalue weighted by molar-refractivity contribution is -0.384. The van der Waals surface area contributed by atoms with Gasteiger partial charge in [-0.05, 0) is 67.9 Å². The number of non-ortho nitro benzene ring substituents is 1. The third-order valence-corrected chi connectivity index (χ3v) is 5.64. The first-order chi connectivity index (χ1) is 9.69. The van der Waals surface area contributed by atoms with Gasteiger partial charge in [0.1, 0.15) is 0 Å². The lowest BCUT2D eigenvalue weighted by atomic mass is 9.54. The highest BCUT2D eigenvalue weighted by atomic mass is 16.6. The lowest BCUT2D eigenvalue weighted by Crippen LogP contribution is -2.51. The molecule has 0 saturated heterocycles. The van der Waals surface area contributed by atoms with E-state index in [1.54, 1.807) is 12.1 Å². The second-order valence-electron chi connectivity index (χ2n) is 6.90. The van der Waals surface area contributed by atoms with Crippen LogP contribution in [-0.2, 0) is 0 Å². The van der Waals surface area contributed by atoms with E-state index in [9.17, 15) is 10.1 Å². The van der Waals surface area contributed by atoms with Crippen molar-refractivity contribution in [2.75, 3.05) is 5.32 Å². The Kier molecular flexibility index (Phi) is 2.72. The van der Waals surface area contributed by atoms with Crippen molar-refractivity contribution in [1.82, 2.24) is 0 Å². The maximum absolute atomic E-state index is 10.7. The van der Waals surface area contributed by atoms with E-state index in [1.165, 1.54) is 32.1 Å². The Morgan fingerprint density at radius 2 is 1.50 bits per heavy atom. The summed E-state index contributed by atoms with van der Waals surface area (Å²) in [6, 6.07) is 7.48. The molecule has 20 heavy (non-hydrogen) atoms. The largest absolute Gasteiger partial charge is 0.382 e. The molecule has 1 aromatic carbocycles. The van der Waals surface area contributed by atoms with E-state index in [2.05, 4.69) is 5.32 Å². The molecule has 0 radical (unpaired) electrons. The molecule has 4 bridgehead atoms. The monoisotopic (exact) mass is 272 g/mol. The lowest BCUT2D eigenvalue weighted by Gasteiger charge is -2.54. The van der Waals surface area contributed by atoms with Crippen molar-refractivity contribution in [2.45, 2.75) is 38.1 Å². The van der Waals surface area contributed by atoms with E-state index < -0.39 is 0 Å². The summed E-state index contributed by atoms with van der Waals surface area (Å²) in [5, 5.41) is 14.4. The van der Waals surface area contributed by atoms with Crippen LogP contribution in [0, 0.1) is 33.8 Å². The molecular formula is C16H20N2O2. The van der Waals surface area contributed by atoms with E-state index in [-0.39, 0.29) is 10.6 Å². The zero-order valence-electron chi connectivity index (χ0n) is 11.5. The second kappa shape index (κ2) is 4.47. The summed E-state index contributed by atoms with van der Waals surface area (Å²) < 4.78 is 0. The molecule has 0 aliphatic heterocycles. The Hall–Kier alpha value is -1.58. The zero-order valence-corrected chi connectivity index (χ0v) is 11.5. The van der Waals surface area contributed by atoms with Crippen molar-refractivity contribution in [3.8, 4) is 0 Å². The number of nitrogens with one attached hydrogen (secondary N) is 1. The van der Waals surface area contributed by atoms with Crippen molar-refractivity contribution in [2.24, 2.45) is 23.7 Å². The Morgan fingerprint density at radius 1 is 0.950 bits per heavy atom. The van der Waals surface area contributed by atoms with Crippen LogP contribution in [-0.4, -0.2) is 11.0 Å². The van der Waals surface area contributed by atoms with Gasteiger partial charge in [0.15, 0.2) is 0 Å². The molecule has 4 aliphatic rings. The van der Waals surface area contributed by atoms with Crippen molar-refractivity contribution in [3.05, 3.63) is 34.4 Å². The average molecular weight is 272 g/mol. The minimum Gasteiger partial charge on any atom is -0.382 e. The summed E-state index contributed by atoms with van der Waals surface area (Å²) >= 11 is 0. The fourth-order valence-corrected chi connectivity index (χ4v) is 5.03. The van der Waals surface area contributed by atoms with Gasteiger partial charge in [-0.25, -0.2) is 0 Å². The van der Waals surface area contributed by atoms with Crippen LogP contribution in [0.5, 0.6) is 0 Å². The van der Waals surface area contributed by atoms with Crippen LogP contribution in [0.4, 0.5) is 11.4 Å². The molecule has 4 heteroatoms. The number of nitro groups is 1. The molecule has 0 aromatic heterocycles. The molecule has 0 heterocycles. The highest BCUT2D eigenvalue weighted by molar-refractivity contribution is 5.49. The minimum atomic E-state index is -0.341. The van der Waals surface area contributed by atoms with Crippen molar-refractivity contribution in [3.63, 3.8) is 0 Å². The summed E-state index contributed by atoms with van der Waals surface area (Å²) in [7, 11) is 0. The number of benzene rings is 1. The summed E-state index contributed by atoms with van der Waals surface area (Å²) in [6.07, 6.45) is 7.02. The number of hydrogen-bond donors (Lipinski definition) is 1. The van der Waals surface area contributed by atoms with Crippen LogP contribution in [0.2, 0.25) is 0 Å². The number of nitro benzene ring substituents is 1. The highest BCUT2D eigenvalue weighted by Gasteiger charge is 2.48. The van der Waals surface area contributed by atoms with Gasteiger partial charge < -0.3 is 5.32 Å². The minimum absolute atomic E-state index is 0.167. The standard InChI is InChI=1S/C16H20N2O2/c19-18(20)15-3-1-14(2-4-15)17-16-12-6-10-5-11(8-12)9-13(16)7-10/h1-4,10-13,16-17H,5-9H2. The van der Waals surface area contributed by atoms with Gasteiger partial charge in [0.05, 0.1) is 4.92 Å². The van der Waals surface area contributed by atoms with Crippen molar-refractivity contribution in [1.29, 1.82) is 0 Å². The van der Waals surface area contributed by atoms with Gasteiger partial charge in [-0.3, -0.25) is 10.1 Å². The first-order valence-electron chi connectivity index (χ1n) is 7.70. The van der Waals surface area contributed by atoms with Gasteiger partial charge in [-0.2, -0.15) is 0 Å². The number of anilines is 1. The molecule has 0 unspecified atom stereocenters. The van der Waals surface area contributed by atoms with E-state index in [1.807, 2.05) is 12.1 Å². The second-order valence-corrected chi connectivity index (χ2v) is 6.90. The molecule has 0 amide bonds. The predicted octanol–water partition coefficient (Wildman–Crippen LogP) is 3.83. The number of nitrogens with zero attached hydrogens (tertiary/aromatic N) is 1. The van der Waals surface area contributed by atoms with Gasteiger partial charge in [0.25, 0.3) is 5.69 Å². The maximum Gasteiger partial charge on any atom is 0.269 e. The topological polar surface area (TPSA) is 55.2 Å². The van der Waals surface area contributed by atoms with Crippen LogP contribution in [0.3, 0.4) is 0 Å². The number of hydrogen-bond acceptors (Lipinski definition) is 3. The van der Waals surface area contributed by atoms with Crippen LogP contribution < -0.4 is 5.32 Å². The van der Waals surface area contributed by atoms with Crippen LogP contribution in [0.25, 0.3) is 0 Å². The predicted molar refractivity (Wildman–Crippen MR) is 77.6 cm³/mol. The highest BCUT2D eigenvalue weighted by Crippen LogP contribution is 2.54. The van der Waals surface area contributed by atoms with Gasteiger partial charge >= 0.3 is 0 Å². The summed E-state index contributed by atoms with van der Waals surface area (Å²) in [5.74, 6) is 3.60. The average Bonchev–Trinajstić information content (AvgIpc) is 2.42. The molecular weight excluding hydrogens is 252 g/mol. The van der Waals surface area contributed by atoms with E-state index >= 15 is 0 Å². The summed E-state index contributed by atoms with van der Waals surface area (Å²) in [6.45, 7) is 0. The molecule has 106 valence electrons. The normalized spacial score (nSPS) is 37.9. The van der Waals surface area contributed by atoms with E-state index in [0.29, 0.717) is 6.04 Å². The van der Waals surface area contributed by atoms with Crippen molar-refractivity contribution >= 4 is 11.4 Å². The third kappa shape index (κ3) is 1.98. The Bertz CT molecular complexity index is 498. The van der Waals surface area contributed by atoms with Crippen LogP contribution in [0.15, 0.2) is 24.3 Å². The molecule has 4 fully saturated rings. The molecule has 4 aliphatic carbocycles. The maximum atomic E-state index is 10.7. The van der Waals surface area contributed by atoms with Crippen molar-refractivity contribution < 1.29 is 4.92 Å². The summed E-state index contributed by atoms with van der Waals surface area (Å²) in [5.41, 5.74) is 1.20. The molecule has 4 saturated carbocycles. The molecule has 5 rings (SSSR count). The fraction of sp³-hybridized carbons (Fsp3) is 0.625. The molecule has 1 N–H and O–H groups in total. The van der Waals surface area contributed by atoms with Gasteiger partial charge in [-0.15, -0.1) is 0 Å². The van der Waals surface area contributed by atoms with Crippen LogP contribution in [0.1, 0.15) is 32.1 Å². The Morgan fingerprint density at radius 3 is 2.00 bits per heavy atom. The first kappa shape index (κ1) is 12.2. The first-order valence-corrected chi connectivity index (χ1v) is 7.70. The SMILES string of the molecule is O=[N+]([O-])c1ccc(NC2C3CC4CC(C3)CC2C4)cc1. The quantitative estimate of drug-likeness (QED) is 0.672. The van der Waals surface area contributed by atoms with Crippen LogP contribution >= 0.6 is 0 Å². The molecule has 1 aromatic rings. The van der Waals surface area contributed by atoms with E-state index in [4.69, 9.17) is 0 Å². The molecule has 0 atom stereocenters. The Balaban J connectivity index is 1.50.